The van der Waals surface area contributed by atoms with Crippen LogP contribution in [0.2, 0.25) is 5.02 Å². The van der Waals surface area contributed by atoms with Crippen molar-refractivity contribution < 1.29 is 4.39 Å². The maximum absolute atomic E-state index is 14.0. The number of hydrogen-bond acceptors (Lipinski definition) is 2. The number of hydrazine groups is 1. The van der Waals surface area contributed by atoms with E-state index in [0.29, 0.717) is 15.1 Å². The van der Waals surface area contributed by atoms with Crippen LogP contribution >= 0.6 is 27.5 Å². The van der Waals surface area contributed by atoms with Crippen molar-refractivity contribution in [3.8, 4) is 0 Å². The summed E-state index contributed by atoms with van der Waals surface area (Å²) >= 11 is 9.46. The van der Waals surface area contributed by atoms with Crippen LogP contribution < -0.4 is 11.3 Å². The predicted octanol–water partition coefficient (Wildman–Crippen LogP) is 4.10. The molecule has 2 aromatic carbocycles. The molecule has 0 amide bonds. The van der Waals surface area contributed by atoms with E-state index in [2.05, 4.69) is 21.4 Å². The van der Waals surface area contributed by atoms with E-state index in [1.165, 1.54) is 6.07 Å². The smallest absolute Gasteiger partial charge is 0.129 e. The Kier molecular flexibility index (Phi) is 4.58. The summed E-state index contributed by atoms with van der Waals surface area (Å²) in [5.74, 6) is 5.26. The number of nitrogens with one attached hydrogen (secondary N) is 1. The molecule has 2 aromatic rings. The summed E-state index contributed by atoms with van der Waals surface area (Å²) in [5, 5.41) is 0.630. The first-order valence-corrected chi connectivity index (χ1v) is 6.87. The Balaban J connectivity index is 2.53. The van der Waals surface area contributed by atoms with Crippen molar-refractivity contribution in [2.75, 3.05) is 0 Å². The van der Waals surface area contributed by atoms with Crippen molar-refractivity contribution in [2.45, 2.75) is 13.0 Å². The molecule has 1 unspecified atom stereocenters. The van der Waals surface area contributed by atoms with Crippen molar-refractivity contribution >= 4 is 27.5 Å². The monoisotopic (exact) mass is 342 g/mol. The van der Waals surface area contributed by atoms with Crippen molar-refractivity contribution in [3.63, 3.8) is 0 Å². The van der Waals surface area contributed by atoms with Crippen LogP contribution in [0.1, 0.15) is 22.7 Å². The van der Waals surface area contributed by atoms with Gasteiger partial charge in [0, 0.05) is 15.1 Å². The molecule has 0 saturated carbocycles. The molecule has 0 spiro atoms. The van der Waals surface area contributed by atoms with Crippen molar-refractivity contribution in [1.82, 2.24) is 5.43 Å². The van der Waals surface area contributed by atoms with E-state index in [0.717, 1.165) is 11.1 Å². The first-order chi connectivity index (χ1) is 9.04. The summed E-state index contributed by atoms with van der Waals surface area (Å²) in [5.41, 5.74) is 4.87. The van der Waals surface area contributed by atoms with Gasteiger partial charge in [-0.2, -0.15) is 0 Å². The fraction of sp³-hybridized carbons (Fsp3) is 0.143. The van der Waals surface area contributed by atoms with Gasteiger partial charge < -0.3 is 0 Å². The van der Waals surface area contributed by atoms with E-state index in [-0.39, 0.29) is 5.82 Å². The fourth-order valence-electron chi connectivity index (χ4n) is 1.92. The van der Waals surface area contributed by atoms with Gasteiger partial charge in [0.1, 0.15) is 5.82 Å². The molecule has 1 atom stereocenters. The lowest BCUT2D eigenvalue weighted by Crippen LogP contribution is -2.29. The maximum Gasteiger partial charge on any atom is 0.129 e. The van der Waals surface area contributed by atoms with E-state index in [1.807, 2.05) is 19.1 Å². The zero-order valence-corrected chi connectivity index (χ0v) is 12.6. The number of hydrogen-bond donors (Lipinski definition) is 2. The Morgan fingerprint density at radius 3 is 2.63 bits per heavy atom. The van der Waals surface area contributed by atoms with Crippen molar-refractivity contribution in [2.24, 2.45) is 5.84 Å². The summed E-state index contributed by atoms with van der Waals surface area (Å²) in [6, 6.07) is 9.91. The van der Waals surface area contributed by atoms with Crippen LogP contribution in [-0.2, 0) is 0 Å². The fourth-order valence-corrected chi connectivity index (χ4v) is 2.68. The first kappa shape index (κ1) is 14.5. The summed E-state index contributed by atoms with van der Waals surface area (Å²) in [7, 11) is 0. The van der Waals surface area contributed by atoms with Gasteiger partial charge in [0.25, 0.3) is 0 Å². The summed E-state index contributed by atoms with van der Waals surface area (Å²) < 4.78 is 14.7. The number of halogens is 3. The quantitative estimate of drug-likeness (QED) is 0.650. The second kappa shape index (κ2) is 6.01. The van der Waals surface area contributed by atoms with Crippen molar-refractivity contribution in [3.05, 3.63) is 68.4 Å². The van der Waals surface area contributed by atoms with Crippen LogP contribution in [0.25, 0.3) is 0 Å². The Morgan fingerprint density at radius 2 is 2.05 bits per heavy atom. The Morgan fingerprint density at radius 1 is 1.32 bits per heavy atom. The van der Waals surface area contributed by atoms with E-state index in [1.54, 1.807) is 18.2 Å². The molecule has 0 aliphatic heterocycles. The molecule has 0 fully saturated rings. The van der Waals surface area contributed by atoms with Crippen LogP contribution in [0.4, 0.5) is 4.39 Å². The lowest BCUT2D eigenvalue weighted by molar-refractivity contribution is 0.558. The topological polar surface area (TPSA) is 38.0 Å². The largest absolute Gasteiger partial charge is 0.271 e. The predicted molar refractivity (Wildman–Crippen MR) is 79.5 cm³/mol. The molecule has 2 nitrogen and oxygen atoms in total. The van der Waals surface area contributed by atoms with Gasteiger partial charge in [0.15, 0.2) is 0 Å². The van der Waals surface area contributed by atoms with Gasteiger partial charge in [0.2, 0.25) is 0 Å². The molecule has 100 valence electrons. The number of benzene rings is 2. The zero-order chi connectivity index (χ0) is 14.0. The normalized spacial score (nSPS) is 12.5. The molecule has 3 N–H and O–H groups in total. The summed E-state index contributed by atoms with van der Waals surface area (Å²) in [4.78, 5) is 0. The minimum Gasteiger partial charge on any atom is -0.271 e. The van der Waals surface area contributed by atoms with Crippen LogP contribution in [0.3, 0.4) is 0 Å². The Hall–Kier alpha value is -0.940. The molecule has 2 rings (SSSR count). The minimum atomic E-state index is -0.464. The summed E-state index contributed by atoms with van der Waals surface area (Å²) in [6.07, 6.45) is 0. The van der Waals surface area contributed by atoms with E-state index in [9.17, 15) is 4.39 Å². The Bertz CT molecular complexity index is 584. The Labute approximate surface area is 124 Å². The third kappa shape index (κ3) is 2.98. The summed E-state index contributed by atoms with van der Waals surface area (Å²) in [6.45, 7) is 1.91. The highest BCUT2D eigenvalue weighted by atomic mass is 79.9. The van der Waals surface area contributed by atoms with Gasteiger partial charge in [-0.05, 0) is 36.2 Å². The molecule has 0 radical (unpaired) electrons. The average Bonchev–Trinajstić information content (AvgIpc) is 2.37. The maximum atomic E-state index is 14.0. The molecule has 5 heteroatoms. The molecule has 0 aliphatic carbocycles. The zero-order valence-electron chi connectivity index (χ0n) is 10.3. The molecular formula is C14H13BrClFN2. The number of nitrogens with two attached hydrogens (primary N) is 1. The van der Waals surface area contributed by atoms with Crippen LogP contribution in [0.15, 0.2) is 40.9 Å². The number of aryl methyl sites for hydroxylation is 1. The molecular weight excluding hydrogens is 331 g/mol. The van der Waals surface area contributed by atoms with E-state index < -0.39 is 6.04 Å². The van der Waals surface area contributed by atoms with Gasteiger partial charge in [-0.25, -0.2) is 9.82 Å². The molecule has 0 heterocycles. The van der Waals surface area contributed by atoms with Crippen LogP contribution in [-0.4, -0.2) is 0 Å². The lowest BCUT2D eigenvalue weighted by Gasteiger charge is -2.19. The van der Waals surface area contributed by atoms with Crippen LogP contribution in [0, 0.1) is 12.7 Å². The molecule has 0 bridgehead atoms. The second-order valence-electron chi connectivity index (χ2n) is 4.24. The first-order valence-electron chi connectivity index (χ1n) is 5.70. The third-order valence-electron chi connectivity index (χ3n) is 2.98. The standard InChI is InChI=1S/C14H13BrClFN2/c1-8-5-6-9(7-11(8)16)14(19-18)13-10(15)3-2-4-12(13)17/h2-7,14,19H,18H2,1H3. The van der Waals surface area contributed by atoms with Gasteiger partial charge in [-0.15, -0.1) is 0 Å². The SMILES string of the molecule is Cc1ccc(C(NN)c2c(F)cccc2Br)cc1Cl. The second-order valence-corrected chi connectivity index (χ2v) is 5.51. The van der Waals surface area contributed by atoms with Gasteiger partial charge in [-0.1, -0.05) is 45.7 Å². The third-order valence-corrected chi connectivity index (χ3v) is 4.08. The van der Waals surface area contributed by atoms with Gasteiger partial charge in [0.05, 0.1) is 6.04 Å². The van der Waals surface area contributed by atoms with Crippen molar-refractivity contribution in [1.29, 1.82) is 0 Å². The van der Waals surface area contributed by atoms with Gasteiger partial charge in [-0.3, -0.25) is 5.84 Å². The molecule has 0 saturated heterocycles. The van der Waals surface area contributed by atoms with E-state index in [4.69, 9.17) is 17.4 Å². The van der Waals surface area contributed by atoms with Crippen LogP contribution in [0.5, 0.6) is 0 Å². The lowest BCUT2D eigenvalue weighted by atomic mass is 9.98. The highest BCUT2D eigenvalue weighted by molar-refractivity contribution is 9.10. The number of rotatable bonds is 3. The average molecular weight is 344 g/mol. The minimum absolute atomic E-state index is 0.325. The van der Waals surface area contributed by atoms with E-state index >= 15 is 0 Å². The molecule has 0 aromatic heterocycles. The highest BCUT2D eigenvalue weighted by Crippen LogP contribution is 2.32. The molecule has 0 aliphatic rings. The van der Waals surface area contributed by atoms with Gasteiger partial charge >= 0.3 is 0 Å². The highest BCUT2D eigenvalue weighted by Gasteiger charge is 2.19. The molecule has 19 heavy (non-hydrogen) atoms.